The number of methoxy groups -OCH3 is 1. The predicted molar refractivity (Wildman–Crippen MR) is 94.6 cm³/mol. The smallest absolute Gasteiger partial charge is 0.275 e. The monoisotopic (exact) mass is 355 g/mol. The van der Waals surface area contributed by atoms with Gasteiger partial charge in [-0.3, -0.25) is 4.79 Å². The Hall–Kier alpha value is -1.77. The normalized spacial score (nSPS) is 15.2. The van der Waals surface area contributed by atoms with Crippen LogP contribution in [0.15, 0.2) is 24.3 Å². The summed E-state index contributed by atoms with van der Waals surface area (Å²) < 4.78 is 17.8. The number of carbonyl (C=O) groups excluding carboxylic acids is 1. The second-order valence-corrected chi connectivity index (χ2v) is 6.08. The van der Waals surface area contributed by atoms with E-state index >= 15 is 0 Å². The summed E-state index contributed by atoms with van der Waals surface area (Å²) in [5.74, 6) is -0.227. The van der Waals surface area contributed by atoms with Crippen LogP contribution in [0.4, 0.5) is 10.1 Å². The molecule has 2 rings (SSSR count). The Morgan fingerprint density at radius 3 is 2.62 bits per heavy atom. The number of nitrogens with zero attached hydrogens (tertiary/aromatic N) is 1. The van der Waals surface area contributed by atoms with Crippen LogP contribution in [-0.4, -0.2) is 68.9 Å². The Morgan fingerprint density at radius 2 is 2.00 bits per heavy atom. The molecule has 8 heteroatoms. The van der Waals surface area contributed by atoms with Gasteiger partial charge in [0.15, 0.2) is 11.7 Å². The number of quaternary nitrogens is 1. The van der Waals surface area contributed by atoms with Crippen molar-refractivity contribution in [2.75, 3.05) is 58.3 Å². The number of halogens is 1. The lowest BCUT2D eigenvalue weighted by Gasteiger charge is -2.33. The summed E-state index contributed by atoms with van der Waals surface area (Å²) in [6.07, 6.45) is 0. The molecule has 1 aliphatic rings. The molecule has 0 unspecified atom stereocenters. The number of thiocarbonyl (C=S) groups is 1. The molecular weight excluding hydrogens is 331 g/mol. The molecule has 1 saturated heterocycles. The van der Waals surface area contributed by atoms with E-state index in [2.05, 4.69) is 15.5 Å². The van der Waals surface area contributed by atoms with Gasteiger partial charge in [-0.1, -0.05) is 0 Å². The van der Waals surface area contributed by atoms with Crippen LogP contribution in [0, 0.1) is 5.82 Å². The number of hydrogen-bond donors (Lipinski definition) is 3. The molecule has 132 valence electrons. The number of ether oxygens (including phenoxy) is 1. The van der Waals surface area contributed by atoms with E-state index < -0.39 is 0 Å². The van der Waals surface area contributed by atoms with Crippen molar-refractivity contribution in [3.05, 3.63) is 30.1 Å². The molecule has 0 radical (unpaired) electrons. The number of carbonyl (C=O) groups is 1. The van der Waals surface area contributed by atoms with Gasteiger partial charge in [-0.25, -0.2) is 4.39 Å². The molecule has 0 saturated carbocycles. The van der Waals surface area contributed by atoms with Crippen LogP contribution >= 0.6 is 12.2 Å². The first-order chi connectivity index (χ1) is 11.6. The number of piperazine rings is 1. The summed E-state index contributed by atoms with van der Waals surface area (Å²) in [4.78, 5) is 15.1. The molecule has 3 N–H and O–H groups in total. The van der Waals surface area contributed by atoms with Gasteiger partial charge in [-0.2, -0.15) is 0 Å². The lowest BCUT2D eigenvalue weighted by Crippen LogP contribution is -3.15. The van der Waals surface area contributed by atoms with E-state index in [-0.39, 0.29) is 11.7 Å². The Balaban J connectivity index is 1.70. The van der Waals surface area contributed by atoms with Gasteiger partial charge in [0.1, 0.15) is 5.82 Å². The fourth-order valence-corrected chi connectivity index (χ4v) is 2.82. The highest BCUT2D eigenvalue weighted by molar-refractivity contribution is 7.80. The molecule has 0 atom stereocenters. The molecule has 0 bridgehead atoms. The van der Waals surface area contributed by atoms with Gasteiger partial charge in [-0.15, -0.1) is 0 Å². The largest absolute Gasteiger partial charge is 0.383 e. The maximum absolute atomic E-state index is 12.9. The van der Waals surface area contributed by atoms with E-state index in [1.54, 1.807) is 19.2 Å². The molecular formula is C16H24FN4O2S+. The highest BCUT2D eigenvalue weighted by Gasteiger charge is 2.23. The summed E-state index contributed by atoms with van der Waals surface area (Å²) in [5.41, 5.74) is 0.772. The van der Waals surface area contributed by atoms with Gasteiger partial charge in [0.2, 0.25) is 0 Å². The van der Waals surface area contributed by atoms with Crippen molar-refractivity contribution in [2.45, 2.75) is 0 Å². The number of benzene rings is 1. The van der Waals surface area contributed by atoms with Gasteiger partial charge >= 0.3 is 0 Å². The first kappa shape index (κ1) is 18.6. The quantitative estimate of drug-likeness (QED) is 0.474. The highest BCUT2D eigenvalue weighted by Crippen LogP contribution is 2.09. The van der Waals surface area contributed by atoms with Crippen LogP contribution in [-0.2, 0) is 9.53 Å². The standard InChI is InChI=1S/C16H23FN4O2S/c1-23-11-6-18-15(22)12-20-7-9-21(10-8-20)16(24)19-14-4-2-13(17)3-5-14/h2-5H,6-12H2,1H3,(H,18,22)(H,19,24)/p+1. The van der Waals surface area contributed by atoms with E-state index in [4.69, 9.17) is 17.0 Å². The van der Waals surface area contributed by atoms with Crippen LogP contribution < -0.4 is 15.5 Å². The molecule has 6 nitrogen and oxygen atoms in total. The van der Waals surface area contributed by atoms with E-state index in [1.807, 2.05) is 0 Å². The molecule has 1 fully saturated rings. The first-order valence-corrected chi connectivity index (χ1v) is 8.40. The van der Waals surface area contributed by atoms with Gasteiger partial charge in [0.25, 0.3) is 5.91 Å². The molecule has 1 aliphatic heterocycles. The minimum absolute atomic E-state index is 0.0440. The van der Waals surface area contributed by atoms with Gasteiger partial charge in [0, 0.05) is 19.3 Å². The van der Waals surface area contributed by atoms with Crippen molar-refractivity contribution in [3.63, 3.8) is 0 Å². The minimum Gasteiger partial charge on any atom is -0.383 e. The lowest BCUT2D eigenvalue weighted by molar-refractivity contribution is -0.895. The van der Waals surface area contributed by atoms with Crippen molar-refractivity contribution in [1.29, 1.82) is 0 Å². The summed E-state index contributed by atoms with van der Waals surface area (Å²) in [5, 5.41) is 6.58. The molecule has 24 heavy (non-hydrogen) atoms. The van der Waals surface area contributed by atoms with Crippen LogP contribution in [0.3, 0.4) is 0 Å². The van der Waals surface area contributed by atoms with Gasteiger partial charge in [-0.05, 0) is 36.5 Å². The highest BCUT2D eigenvalue weighted by atomic mass is 32.1. The van der Waals surface area contributed by atoms with Gasteiger partial charge < -0.3 is 25.2 Å². The Labute approximate surface area is 146 Å². The van der Waals surface area contributed by atoms with E-state index in [0.717, 1.165) is 31.9 Å². The third-order valence-electron chi connectivity index (χ3n) is 3.89. The zero-order valence-corrected chi connectivity index (χ0v) is 14.6. The topological polar surface area (TPSA) is 58.0 Å². The zero-order valence-electron chi connectivity index (χ0n) is 13.8. The van der Waals surface area contributed by atoms with Crippen molar-refractivity contribution in [3.8, 4) is 0 Å². The second-order valence-electron chi connectivity index (χ2n) is 5.69. The molecule has 0 aliphatic carbocycles. The van der Waals surface area contributed by atoms with E-state index in [0.29, 0.717) is 24.8 Å². The number of hydrogen-bond acceptors (Lipinski definition) is 3. The summed E-state index contributed by atoms with van der Waals surface area (Å²) in [6, 6.07) is 6.12. The van der Waals surface area contributed by atoms with Crippen LogP contribution in [0.2, 0.25) is 0 Å². The molecule has 0 spiro atoms. The lowest BCUT2D eigenvalue weighted by atomic mass is 10.3. The van der Waals surface area contributed by atoms with Crippen molar-refractivity contribution in [2.24, 2.45) is 0 Å². The predicted octanol–water partition coefficient (Wildman–Crippen LogP) is -0.514. The summed E-state index contributed by atoms with van der Waals surface area (Å²) in [7, 11) is 1.61. The average Bonchev–Trinajstić information content (AvgIpc) is 2.58. The number of anilines is 1. The number of amides is 1. The minimum atomic E-state index is -0.271. The fourth-order valence-electron chi connectivity index (χ4n) is 2.52. The maximum atomic E-state index is 12.9. The average molecular weight is 355 g/mol. The maximum Gasteiger partial charge on any atom is 0.275 e. The Kier molecular flexibility index (Phi) is 7.36. The van der Waals surface area contributed by atoms with E-state index in [1.165, 1.54) is 17.0 Å². The van der Waals surface area contributed by atoms with Crippen molar-refractivity contribution in [1.82, 2.24) is 10.2 Å². The third-order valence-corrected chi connectivity index (χ3v) is 4.25. The van der Waals surface area contributed by atoms with E-state index in [9.17, 15) is 9.18 Å². The Morgan fingerprint density at radius 1 is 1.33 bits per heavy atom. The SMILES string of the molecule is COCCNC(=O)C[NH+]1CCN(C(=S)Nc2ccc(F)cc2)CC1. The number of nitrogens with one attached hydrogen (secondary N) is 3. The number of rotatable bonds is 6. The molecule has 1 amide bonds. The summed E-state index contributed by atoms with van der Waals surface area (Å²) in [6.45, 7) is 4.81. The fraction of sp³-hybridized carbons (Fsp3) is 0.500. The van der Waals surface area contributed by atoms with Crippen LogP contribution in [0.25, 0.3) is 0 Å². The second kappa shape index (κ2) is 9.51. The Bertz CT molecular complexity index is 548. The summed E-state index contributed by atoms with van der Waals surface area (Å²) >= 11 is 5.40. The molecule has 1 aromatic carbocycles. The zero-order chi connectivity index (χ0) is 17.4. The first-order valence-electron chi connectivity index (χ1n) is 7.99. The molecule has 1 heterocycles. The molecule has 1 aromatic rings. The van der Waals surface area contributed by atoms with Crippen LogP contribution in [0.1, 0.15) is 0 Å². The van der Waals surface area contributed by atoms with Crippen LogP contribution in [0.5, 0.6) is 0 Å². The van der Waals surface area contributed by atoms with Crippen molar-refractivity contribution < 1.29 is 18.8 Å². The third kappa shape index (κ3) is 6.03. The molecule has 0 aromatic heterocycles. The van der Waals surface area contributed by atoms with Gasteiger partial charge in [0.05, 0.1) is 32.8 Å². The van der Waals surface area contributed by atoms with Crippen molar-refractivity contribution >= 4 is 28.9 Å².